The lowest BCUT2D eigenvalue weighted by molar-refractivity contribution is -0.149. The number of esters is 1. The zero-order valence-electron chi connectivity index (χ0n) is 14.7. The summed E-state index contributed by atoms with van der Waals surface area (Å²) < 4.78 is 20.6. The highest BCUT2D eigenvalue weighted by Crippen LogP contribution is 2.32. The van der Waals surface area contributed by atoms with Crippen molar-refractivity contribution in [3.8, 4) is 5.69 Å². The van der Waals surface area contributed by atoms with Crippen LogP contribution in [0.5, 0.6) is 0 Å². The molecule has 1 aromatic heterocycles. The molecule has 2 aromatic rings. The summed E-state index contributed by atoms with van der Waals surface area (Å²) >= 11 is 0.733. The Morgan fingerprint density at radius 3 is 2.67 bits per heavy atom. The molecule has 3 rings (SSSR count). The second kappa shape index (κ2) is 7.79. The number of halogens is 1. The molecule has 0 N–H and O–H groups in total. The van der Waals surface area contributed by atoms with Crippen LogP contribution in [0.25, 0.3) is 11.8 Å². The summed E-state index contributed by atoms with van der Waals surface area (Å²) in [6.07, 6.45) is 2.83. The Balaban J connectivity index is 1.84. The first kappa shape index (κ1) is 18.9. The number of hydrogen-bond donors (Lipinski definition) is 0. The standard InChI is InChI=1S/C19H17FN2O4S/c1-12(2)26-17(23)11-22-18(24)16(27-19(22)25)10-13-6-5-9-21(13)15-8-4-3-7-14(15)20/h3-10,12H,11H2,1-2H3/b16-10+. The van der Waals surface area contributed by atoms with Crippen molar-refractivity contribution in [3.05, 3.63) is 59.0 Å². The molecule has 2 heterocycles. The van der Waals surface area contributed by atoms with E-state index in [1.165, 1.54) is 12.1 Å². The number of imide groups is 1. The Labute approximate surface area is 159 Å². The SMILES string of the molecule is CC(C)OC(=O)CN1C(=O)S/C(=C/c2cccn2-c2ccccc2F)C1=O. The van der Waals surface area contributed by atoms with E-state index < -0.39 is 29.5 Å². The summed E-state index contributed by atoms with van der Waals surface area (Å²) in [6, 6.07) is 9.66. The minimum Gasteiger partial charge on any atom is -0.462 e. The average molecular weight is 388 g/mol. The second-order valence-electron chi connectivity index (χ2n) is 6.06. The number of thioether (sulfide) groups is 1. The molecule has 1 aromatic carbocycles. The Hall–Kier alpha value is -2.87. The van der Waals surface area contributed by atoms with Gasteiger partial charge in [0.1, 0.15) is 12.4 Å². The van der Waals surface area contributed by atoms with Crippen molar-refractivity contribution < 1.29 is 23.5 Å². The second-order valence-corrected chi connectivity index (χ2v) is 7.05. The number of para-hydroxylation sites is 1. The van der Waals surface area contributed by atoms with E-state index in [0.29, 0.717) is 11.4 Å². The highest BCUT2D eigenvalue weighted by molar-refractivity contribution is 8.18. The Morgan fingerprint density at radius 2 is 1.96 bits per heavy atom. The van der Waals surface area contributed by atoms with Crippen LogP contribution < -0.4 is 0 Å². The van der Waals surface area contributed by atoms with Crippen molar-refractivity contribution in [3.63, 3.8) is 0 Å². The quantitative estimate of drug-likeness (QED) is 0.578. The minimum absolute atomic E-state index is 0.161. The summed E-state index contributed by atoms with van der Waals surface area (Å²) in [5.41, 5.74) is 0.865. The number of aromatic nitrogens is 1. The molecular formula is C19H17FN2O4S. The summed E-state index contributed by atoms with van der Waals surface area (Å²) in [6.45, 7) is 2.93. The molecule has 8 heteroatoms. The van der Waals surface area contributed by atoms with Gasteiger partial charge in [0.15, 0.2) is 0 Å². The largest absolute Gasteiger partial charge is 0.462 e. The first-order valence-electron chi connectivity index (χ1n) is 8.24. The van der Waals surface area contributed by atoms with Crippen molar-refractivity contribution in [2.75, 3.05) is 6.54 Å². The van der Waals surface area contributed by atoms with Crippen LogP contribution in [-0.4, -0.2) is 39.2 Å². The van der Waals surface area contributed by atoms with E-state index in [0.717, 1.165) is 16.7 Å². The predicted molar refractivity (Wildman–Crippen MR) is 99.6 cm³/mol. The van der Waals surface area contributed by atoms with Gasteiger partial charge in [-0.05, 0) is 56.0 Å². The molecule has 2 amide bonds. The zero-order valence-corrected chi connectivity index (χ0v) is 15.5. The van der Waals surface area contributed by atoms with Gasteiger partial charge in [-0.1, -0.05) is 12.1 Å². The van der Waals surface area contributed by atoms with E-state index in [2.05, 4.69) is 0 Å². The molecule has 27 heavy (non-hydrogen) atoms. The normalized spacial score (nSPS) is 15.9. The lowest BCUT2D eigenvalue weighted by Gasteiger charge is -2.13. The van der Waals surface area contributed by atoms with Crippen LogP contribution in [0.15, 0.2) is 47.5 Å². The van der Waals surface area contributed by atoms with Gasteiger partial charge < -0.3 is 9.30 Å². The molecular weight excluding hydrogens is 371 g/mol. The predicted octanol–water partition coefficient (Wildman–Crippen LogP) is 3.60. The van der Waals surface area contributed by atoms with Crippen molar-refractivity contribution in [2.45, 2.75) is 20.0 Å². The fourth-order valence-corrected chi connectivity index (χ4v) is 3.40. The van der Waals surface area contributed by atoms with E-state index in [9.17, 15) is 18.8 Å². The molecule has 6 nitrogen and oxygen atoms in total. The lowest BCUT2D eigenvalue weighted by atomic mass is 10.3. The first-order chi connectivity index (χ1) is 12.9. The van der Waals surface area contributed by atoms with Crippen molar-refractivity contribution in [1.82, 2.24) is 9.47 Å². The highest BCUT2D eigenvalue weighted by atomic mass is 32.2. The van der Waals surface area contributed by atoms with E-state index in [1.807, 2.05) is 0 Å². The van der Waals surface area contributed by atoms with Gasteiger partial charge in [0, 0.05) is 11.9 Å². The smallest absolute Gasteiger partial charge is 0.326 e. The summed E-state index contributed by atoms with van der Waals surface area (Å²) in [5, 5.41) is -0.545. The van der Waals surface area contributed by atoms with Gasteiger partial charge >= 0.3 is 5.97 Å². The van der Waals surface area contributed by atoms with Gasteiger partial charge in [-0.2, -0.15) is 0 Å². The topological polar surface area (TPSA) is 68.6 Å². The van der Waals surface area contributed by atoms with Crippen LogP contribution >= 0.6 is 11.8 Å². The van der Waals surface area contributed by atoms with Gasteiger partial charge in [-0.3, -0.25) is 19.3 Å². The zero-order chi connectivity index (χ0) is 19.6. The maximum Gasteiger partial charge on any atom is 0.326 e. The molecule has 0 unspecified atom stereocenters. The molecule has 0 bridgehead atoms. The molecule has 1 saturated heterocycles. The van der Waals surface area contributed by atoms with Crippen molar-refractivity contribution in [2.24, 2.45) is 0 Å². The molecule has 1 aliphatic heterocycles. The number of hydrogen-bond acceptors (Lipinski definition) is 5. The Morgan fingerprint density at radius 1 is 1.22 bits per heavy atom. The van der Waals surface area contributed by atoms with Gasteiger partial charge in [0.2, 0.25) is 0 Å². The summed E-state index contributed by atoms with van der Waals surface area (Å²) in [5.74, 6) is -1.64. The number of carbonyl (C=O) groups is 3. The fraction of sp³-hybridized carbons (Fsp3) is 0.211. The van der Waals surface area contributed by atoms with E-state index >= 15 is 0 Å². The third kappa shape index (κ3) is 4.11. The first-order valence-corrected chi connectivity index (χ1v) is 9.05. The van der Waals surface area contributed by atoms with Crippen LogP contribution in [0.3, 0.4) is 0 Å². The molecule has 0 spiro atoms. The summed E-state index contributed by atoms with van der Waals surface area (Å²) in [4.78, 5) is 37.4. The van der Waals surface area contributed by atoms with Gasteiger partial charge in [-0.15, -0.1) is 0 Å². The molecule has 0 atom stereocenters. The van der Waals surface area contributed by atoms with Crippen LogP contribution in [0, 0.1) is 5.82 Å². The molecule has 140 valence electrons. The number of benzene rings is 1. The van der Waals surface area contributed by atoms with Crippen LogP contribution in [0.4, 0.5) is 9.18 Å². The van der Waals surface area contributed by atoms with E-state index in [-0.39, 0.29) is 11.0 Å². The Kier molecular flexibility index (Phi) is 5.46. The molecule has 0 saturated carbocycles. The van der Waals surface area contributed by atoms with Gasteiger partial charge in [0.05, 0.1) is 16.7 Å². The summed E-state index contributed by atoms with van der Waals surface area (Å²) in [7, 11) is 0. The fourth-order valence-electron chi connectivity index (χ4n) is 2.58. The van der Waals surface area contributed by atoms with Crippen molar-refractivity contribution in [1.29, 1.82) is 0 Å². The number of nitrogens with zero attached hydrogens (tertiary/aromatic N) is 2. The van der Waals surface area contributed by atoms with Gasteiger partial charge in [-0.25, -0.2) is 4.39 Å². The number of carbonyl (C=O) groups excluding carboxylic acids is 3. The van der Waals surface area contributed by atoms with Crippen LogP contribution in [-0.2, 0) is 14.3 Å². The Bertz CT molecular complexity index is 935. The van der Waals surface area contributed by atoms with E-state index in [4.69, 9.17) is 4.74 Å². The molecule has 1 aliphatic rings. The minimum atomic E-state index is -0.650. The highest BCUT2D eigenvalue weighted by Gasteiger charge is 2.37. The lowest BCUT2D eigenvalue weighted by Crippen LogP contribution is -2.35. The third-order valence-electron chi connectivity index (χ3n) is 3.70. The number of rotatable bonds is 5. The van der Waals surface area contributed by atoms with Crippen LogP contribution in [0.2, 0.25) is 0 Å². The maximum absolute atomic E-state index is 14.1. The molecule has 0 aliphatic carbocycles. The average Bonchev–Trinajstić information content (AvgIpc) is 3.15. The van der Waals surface area contributed by atoms with Crippen LogP contribution in [0.1, 0.15) is 19.5 Å². The molecule has 0 radical (unpaired) electrons. The maximum atomic E-state index is 14.1. The third-order valence-corrected chi connectivity index (χ3v) is 4.61. The molecule has 1 fully saturated rings. The van der Waals surface area contributed by atoms with Gasteiger partial charge in [0.25, 0.3) is 11.1 Å². The number of amides is 2. The van der Waals surface area contributed by atoms with E-state index in [1.54, 1.807) is 54.9 Å². The number of ether oxygens (including phenoxy) is 1. The monoisotopic (exact) mass is 388 g/mol. The van der Waals surface area contributed by atoms with Crippen molar-refractivity contribution >= 4 is 35.0 Å².